The van der Waals surface area contributed by atoms with Gasteiger partial charge in [-0.25, -0.2) is 4.98 Å². The summed E-state index contributed by atoms with van der Waals surface area (Å²) < 4.78 is 0. The molecular weight excluding hydrogens is 222 g/mol. The summed E-state index contributed by atoms with van der Waals surface area (Å²) in [7, 11) is 0. The van der Waals surface area contributed by atoms with Crippen LogP contribution in [-0.2, 0) is 0 Å². The van der Waals surface area contributed by atoms with Gasteiger partial charge in [0.2, 0.25) is 0 Å². The maximum absolute atomic E-state index is 4.26. The number of thiazole rings is 1. The number of hydrogen-bond acceptors (Lipinski definition) is 2. The number of hydrogen-bond donors (Lipinski definition) is 0. The van der Waals surface area contributed by atoms with Crippen LogP contribution in [0, 0.1) is 25.7 Å². The lowest BCUT2D eigenvalue weighted by Crippen LogP contribution is -1.74. The monoisotopic (exact) mass is 229 g/mol. The third-order valence-electron chi connectivity index (χ3n) is 1.17. The molecule has 1 rings (SSSR count). The molecule has 0 fully saturated rings. The van der Waals surface area contributed by atoms with Crippen LogP contribution in [0.2, 0.25) is 0 Å². The Bertz CT molecular complexity index is 306. The molecule has 1 nitrogen and oxygen atoms in total. The van der Waals surface area contributed by atoms with E-state index < -0.39 is 0 Å². The third-order valence-corrected chi connectivity index (χ3v) is 2.44. The molecule has 0 spiro atoms. The van der Waals surface area contributed by atoms with Gasteiger partial charge in [0.25, 0.3) is 0 Å². The predicted molar refractivity (Wildman–Crippen MR) is 52.3 cm³/mol. The maximum atomic E-state index is 4.26. The van der Waals surface area contributed by atoms with Gasteiger partial charge in [0.15, 0.2) is 0 Å². The topological polar surface area (TPSA) is 12.9 Å². The van der Waals surface area contributed by atoms with E-state index in [4.69, 9.17) is 0 Å². The quantitative estimate of drug-likeness (QED) is 0.493. The van der Waals surface area contributed by atoms with Crippen molar-refractivity contribution in [2.45, 2.75) is 13.8 Å². The average Bonchev–Trinajstić information content (AvgIpc) is 2.26. The summed E-state index contributed by atoms with van der Waals surface area (Å²) in [5, 5.41) is 1.81. The second-order valence-electron chi connectivity index (χ2n) is 2.08. The molecule has 0 radical (unpaired) electrons. The number of aromatic nitrogens is 1. The Balaban J connectivity index is 2.94. The summed E-state index contributed by atoms with van der Waals surface area (Å²) in [4.78, 5) is 5.35. The maximum Gasteiger partial charge on any atom is 0.0999 e. The van der Waals surface area contributed by atoms with E-state index >= 15 is 0 Å². The molecule has 58 valence electrons. The largest absolute Gasteiger partial charge is 0.246 e. The van der Waals surface area contributed by atoms with E-state index in [-0.39, 0.29) is 0 Å². The smallest absolute Gasteiger partial charge is 0.0999 e. The van der Waals surface area contributed by atoms with Crippen LogP contribution >= 0.6 is 27.3 Å². The minimum absolute atomic E-state index is 0.726. The van der Waals surface area contributed by atoms with Gasteiger partial charge >= 0.3 is 0 Å². The highest BCUT2D eigenvalue weighted by Gasteiger charge is 1.99. The molecule has 0 aliphatic carbocycles. The van der Waals surface area contributed by atoms with Crippen molar-refractivity contribution in [3.8, 4) is 11.8 Å². The Morgan fingerprint density at radius 1 is 1.55 bits per heavy atom. The van der Waals surface area contributed by atoms with Crippen LogP contribution in [-0.4, -0.2) is 10.3 Å². The van der Waals surface area contributed by atoms with Crippen LogP contribution in [0.3, 0.4) is 0 Å². The lowest BCUT2D eigenvalue weighted by molar-refractivity contribution is 1.19. The van der Waals surface area contributed by atoms with E-state index in [1.165, 1.54) is 0 Å². The minimum atomic E-state index is 0.726. The van der Waals surface area contributed by atoms with Crippen molar-refractivity contribution < 1.29 is 0 Å². The molecule has 0 saturated heterocycles. The number of aryl methyl sites for hydroxylation is 2. The van der Waals surface area contributed by atoms with Gasteiger partial charge in [-0.2, -0.15) is 0 Å². The SMILES string of the molecule is Cc1nc(C)c(C#CCBr)s1. The van der Waals surface area contributed by atoms with Crippen LogP contribution in [0.25, 0.3) is 0 Å². The van der Waals surface area contributed by atoms with Crippen molar-refractivity contribution >= 4 is 27.3 Å². The second-order valence-corrected chi connectivity index (χ2v) is 3.85. The molecule has 3 heteroatoms. The number of halogens is 1. The number of nitrogens with zero attached hydrogens (tertiary/aromatic N) is 1. The van der Waals surface area contributed by atoms with Gasteiger partial charge in [-0.1, -0.05) is 27.8 Å². The molecule has 0 aromatic carbocycles. The first kappa shape index (κ1) is 8.76. The molecule has 0 atom stereocenters. The first-order chi connectivity index (χ1) is 5.24. The molecule has 0 N–H and O–H groups in total. The predicted octanol–water partition coefficient (Wildman–Crippen LogP) is 2.51. The Hall–Kier alpha value is -0.330. The molecular formula is C8H8BrNS. The lowest BCUT2D eigenvalue weighted by Gasteiger charge is -1.79. The Kier molecular flexibility index (Phi) is 3.10. The van der Waals surface area contributed by atoms with Crippen molar-refractivity contribution in [1.82, 2.24) is 4.98 Å². The molecule has 0 aliphatic heterocycles. The highest BCUT2D eigenvalue weighted by atomic mass is 79.9. The molecule has 1 aromatic heterocycles. The van der Waals surface area contributed by atoms with Crippen LogP contribution in [0.5, 0.6) is 0 Å². The molecule has 0 aliphatic rings. The van der Waals surface area contributed by atoms with Gasteiger partial charge in [-0.3, -0.25) is 0 Å². The van der Waals surface area contributed by atoms with Crippen molar-refractivity contribution in [2.75, 3.05) is 5.33 Å². The molecule has 0 unspecified atom stereocenters. The number of rotatable bonds is 0. The van der Waals surface area contributed by atoms with Crippen LogP contribution in [0.15, 0.2) is 0 Å². The standard InChI is InChI=1S/C8H8BrNS/c1-6-8(4-3-5-9)11-7(2)10-6/h5H2,1-2H3. The second kappa shape index (κ2) is 3.89. The fourth-order valence-corrected chi connectivity index (χ4v) is 1.70. The van der Waals surface area contributed by atoms with Crippen molar-refractivity contribution in [3.05, 3.63) is 15.6 Å². The Morgan fingerprint density at radius 2 is 2.27 bits per heavy atom. The van der Waals surface area contributed by atoms with E-state index in [1.807, 2.05) is 13.8 Å². The number of alkyl halides is 1. The summed E-state index contributed by atoms with van der Waals surface area (Å²) in [6.07, 6.45) is 0. The first-order valence-electron chi connectivity index (χ1n) is 3.23. The molecule has 0 bridgehead atoms. The van der Waals surface area contributed by atoms with Crippen LogP contribution in [0.1, 0.15) is 15.6 Å². The molecule has 1 aromatic rings. The van der Waals surface area contributed by atoms with E-state index in [1.54, 1.807) is 11.3 Å². The van der Waals surface area contributed by atoms with E-state index in [0.29, 0.717) is 0 Å². The van der Waals surface area contributed by atoms with E-state index in [9.17, 15) is 0 Å². The van der Waals surface area contributed by atoms with Gasteiger partial charge in [-0.05, 0) is 13.8 Å². The van der Waals surface area contributed by atoms with E-state index in [2.05, 4.69) is 32.8 Å². The zero-order valence-electron chi connectivity index (χ0n) is 6.44. The molecule has 1 heterocycles. The van der Waals surface area contributed by atoms with Gasteiger partial charge < -0.3 is 0 Å². The molecule has 11 heavy (non-hydrogen) atoms. The van der Waals surface area contributed by atoms with Crippen molar-refractivity contribution in [3.63, 3.8) is 0 Å². The van der Waals surface area contributed by atoms with Gasteiger partial charge in [0, 0.05) is 0 Å². The minimum Gasteiger partial charge on any atom is -0.246 e. The zero-order valence-corrected chi connectivity index (χ0v) is 8.84. The van der Waals surface area contributed by atoms with Gasteiger partial charge in [0.05, 0.1) is 20.9 Å². The van der Waals surface area contributed by atoms with Crippen LogP contribution < -0.4 is 0 Å². The molecule has 0 amide bonds. The third kappa shape index (κ3) is 2.32. The van der Waals surface area contributed by atoms with Crippen molar-refractivity contribution in [2.24, 2.45) is 0 Å². The Labute approximate surface area is 79.0 Å². The summed E-state index contributed by atoms with van der Waals surface area (Å²) >= 11 is 4.90. The highest BCUT2D eigenvalue weighted by molar-refractivity contribution is 9.09. The summed E-state index contributed by atoms with van der Waals surface area (Å²) in [6, 6.07) is 0. The normalized spacial score (nSPS) is 9.00. The fraction of sp³-hybridized carbons (Fsp3) is 0.375. The lowest BCUT2D eigenvalue weighted by atomic mass is 10.4. The average molecular weight is 230 g/mol. The Morgan fingerprint density at radius 3 is 2.73 bits per heavy atom. The highest BCUT2D eigenvalue weighted by Crippen LogP contribution is 2.15. The molecule has 0 saturated carbocycles. The van der Waals surface area contributed by atoms with E-state index in [0.717, 1.165) is 20.9 Å². The van der Waals surface area contributed by atoms with Gasteiger partial charge in [-0.15, -0.1) is 11.3 Å². The summed E-state index contributed by atoms with van der Waals surface area (Å²) in [6.45, 7) is 3.98. The van der Waals surface area contributed by atoms with Crippen molar-refractivity contribution in [1.29, 1.82) is 0 Å². The van der Waals surface area contributed by atoms with Crippen LogP contribution in [0.4, 0.5) is 0 Å². The zero-order chi connectivity index (χ0) is 8.27. The summed E-state index contributed by atoms with van der Waals surface area (Å²) in [5.41, 5.74) is 1.04. The van der Waals surface area contributed by atoms with Gasteiger partial charge in [0.1, 0.15) is 0 Å². The fourth-order valence-electron chi connectivity index (χ4n) is 0.761. The first-order valence-corrected chi connectivity index (χ1v) is 5.16. The summed E-state index contributed by atoms with van der Waals surface area (Å²) in [5.74, 6) is 6.00.